The van der Waals surface area contributed by atoms with Gasteiger partial charge in [-0.15, -0.1) is 11.3 Å². The van der Waals surface area contributed by atoms with Crippen molar-refractivity contribution in [3.05, 3.63) is 44.3 Å². The number of anilines is 1. The number of thiazole rings is 1. The van der Waals surface area contributed by atoms with Crippen LogP contribution in [0.5, 0.6) is 0 Å². The van der Waals surface area contributed by atoms with Crippen molar-refractivity contribution in [2.75, 3.05) is 5.32 Å². The molecule has 0 radical (unpaired) electrons. The van der Waals surface area contributed by atoms with Crippen molar-refractivity contribution in [3.8, 4) is 0 Å². The molecule has 1 heterocycles. The van der Waals surface area contributed by atoms with Crippen molar-refractivity contribution in [1.29, 1.82) is 0 Å². The van der Waals surface area contributed by atoms with Gasteiger partial charge >= 0.3 is 0 Å². The molecule has 0 aliphatic carbocycles. The number of nitrogens with zero attached hydrogens (tertiary/aromatic N) is 1. The Morgan fingerprint density at radius 2 is 2.26 bits per heavy atom. The lowest BCUT2D eigenvalue weighted by atomic mass is 10.2. The Morgan fingerprint density at radius 3 is 2.84 bits per heavy atom. The molecule has 2 rings (SSSR count). The zero-order valence-corrected chi connectivity index (χ0v) is 13.0. The Balaban J connectivity index is 2.13. The predicted octanol–water partition coefficient (Wildman–Crippen LogP) is 3.49. The number of hydrogen-bond acceptors (Lipinski definition) is 4. The third kappa shape index (κ3) is 3.40. The topological polar surface area (TPSA) is 68.0 Å². The van der Waals surface area contributed by atoms with Gasteiger partial charge in [-0.1, -0.05) is 15.9 Å². The number of nitrogens with two attached hydrogens (primary N) is 1. The molecule has 1 amide bonds. The van der Waals surface area contributed by atoms with Crippen molar-refractivity contribution in [2.45, 2.75) is 19.9 Å². The minimum Gasteiger partial charge on any atom is -0.322 e. The summed E-state index contributed by atoms with van der Waals surface area (Å²) < 4.78 is 1.01. The number of nitrogens with one attached hydrogen (secondary N) is 1. The standard InChI is InChI=1S/C13H14BrN3OS/c1-7-5-9(3-4-10(7)14)16-12(18)11-6-19-13(17-11)8(2)15/h3-6,8H,15H2,1-2H3,(H,16,18). The second-order valence-corrected chi connectivity index (χ2v) is 6.02. The Morgan fingerprint density at radius 1 is 1.53 bits per heavy atom. The van der Waals surface area contributed by atoms with Gasteiger partial charge in [-0.3, -0.25) is 4.79 Å². The summed E-state index contributed by atoms with van der Waals surface area (Å²) in [7, 11) is 0. The van der Waals surface area contributed by atoms with Crippen LogP contribution in [-0.2, 0) is 0 Å². The molecule has 1 unspecified atom stereocenters. The Kier molecular flexibility index (Phi) is 4.34. The van der Waals surface area contributed by atoms with Crippen LogP contribution in [0.15, 0.2) is 28.1 Å². The van der Waals surface area contributed by atoms with Crippen LogP contribution in [0, 0.1) is 6.92 Å². The SMILES string of the molecule is Cc1cc(NC(=O)c2csc(C(C)N)n2)ccc1Br. The van der Waals surface area contributed by atoms with Gasteiger partial charge in [0.2, 0.25) is 0 Å². The van der Waals surface area contributed by atoms with E-state index in [0.717, 1.165) is 20.7 Å². The third-order valence-corrected chi connectivity index (χ3v) is 4.50. The fourth-order valence-corrected chi connectivity index (χ4v) is 2.52. The number of aryl methyl sites for hydroxylation is 1. The van der Waals surface area contributed by atoms with E-state index in [0.29, 0.717) is 5.69 Å². The van der Waals surface area contributed by atoms with Gasteiger partial charge in [0.25, 0.3) is 5.91 Å². The first-order valence-electron chi connectivity index (χ1n) is 5.76. The summed E-state index contributed by atoms with van der Waals surface area (Å²) >= 11 is 4.82. The van der Waals surface area contributed by atoms with Gasteiger partial charge in [-0.2, -0.15) is 0 Å². The maximum atomic E-state index is 12.0. The Hall–Kier alpha value is -1.24. The molecule has 4 nitrogen and oxygen atoms in total. The molecule has 0 aliphatic rings. The molecule has 6 heteroatoms. The van der Waals surface area contributed by atoms with Gasteiger partial charge in [0.15, 0.2) is 0 Å². The number of halogens is 1. The highest BCUT2D eigenvalue weighted by atomic mass is 79.9. The van der Waals surface area contributed by atoms with E-state index < -0.39 is 0 Å². The molecule has 2 aromatic rings. The van der Waals surface area contributed by atoms with Crippen molar-refractivity contribution in [2.24, 2.45) is 5.73 Å². The maximum Gasteiger partial charge on any atom is 0.275 e. The van der Waals surface area contributed by atoms with Crippen molar-refractivity contribution >= 4 is 38.9 Å². The molecule has 0 spiro atoms. The zero-order chi connectivity index (χ0) is 14.0. The van der Waals surface area contributed by atoms with E-state index in [4.69, 9.17) is 5.73 Å². The number of carbonyl (C=O) groups is 1. The van der Waals surface area contributed by atoms with Crippen molar-refractivity contribution in [3.63, 3.8) is 0 Å². The minimum atomic E-state index is -0.218. The number of hydrogen-bond donors (Lipinski definition) is 2. The van der Waals surface area contributed by atoms with Crippen LogP contribution in [0.4, 0.5) is 5.69 Å². The summed E-state index contributed by atoms with van der Waals surface area (Å²) in [5.74, 6) is -0.218. The second-order valence-electron chi connectivity index (χ2n) is 4.28. The van der Waals surface area contributed by atoms with E-state index >= 15 is 0 Å². The lowest BCUT2D eigenvalue weighted by molar-refractivity contribution is 0.102. The molecule has 100 valence electrons. The normalized spacial score (nSPS) is 12.2. The van der Waals surface area contributed by atoms with E-state index in [1.54, 1.807) is 5.38 Å². The van der Waals surface area contributed by atoms with Gasteiger partial charge in [0.05, 0.1) is 6.04 Å². The smallest absolute Gasteiger partial charge is 0.275 e. The zero-order valence-electron chi connectivity index (χ0n) is 10.6. The van der Waals surface area contributed by atoms with Crippen molar-refractivity contribution in [1.82, 2.24) is 4.98 Å². The molecule has 1 aromatic heterocycles. The lowest BCUT2D eigenvalue weighted by Gasteiger charge is -2.05. The molecule has 1 aromatic carbocycles. The van der Waals surface area contributed by atoms with Crippen LogP contribution in [0.2, 0.25) is 0 Å². The number of aromatic nitrogens is 1. The quantitative estimate of drug-likeness (QED) is 0.899. The average molecular weight is 340 g/mol. The average Bonchev–Trinajstić information content (AvgIpc) is 2.83. The molecular weight excluding hydrogens is 326 g/mol. The molecule has 0 saturated carbocycles. The van der Waals surface area contributed by atoms with E-state index in [2.05, 4.69) is 26.2 Å². The highest BCUT2D eigenvalue weighted by Crippen LogP contribution is 2.21. The molecule has 1 atom stereocenters. The molecule has 19 heavy (non-hydrogen) atoms. The second kappa shape index (κ2) is 5.81. The van der Waals surface area contributed by atoms with Crippen LogP contribution in [0.1, 0.15) is 34.0 Å². The predicted molar refractivity (Wildman–Crippen MR) is 81.5 cm³/mol. The summed E-state index contributed by atoms with van der Waals surface area (Å²) in [6.07, 6.45) is 0. The largest absolute Gasteiger partial charge is 0.322 e. The molecule has 0 fully saturated rings. The van der Waals surface area contributed by atoms with Crippen molar-refractivity contribution < 1.29 is 4.79 Å². The van der Waals surface area contributed by atoms with E-state index in [1.165, 1.54) is 11.3 Å². The number of amides is 1. The highest BCUT2D eigenvalue weighted by molar-refractivity contribution is 9.10. The summed E-state index contributed by atoms with van der Waals surface area (Å²) in [5, 5.41) is 5.31. The van der Waals surface area contributed by atoms with Gasteiger partial charge in [-0.25, -0.2) is 4.98 Å². The molecule has 0 bridgehead atoms. The third-order valence-electron chi connectivity index (χ3n) is 2.56. The first-order valence-corrected chi connectivity index (χ1v) is 7.43. The van der Waals surface area contributed by atoms with E-state index in [1.807, 2.05) is 32.0 Å². The van der Waals surface area contributed by atoms with Crippen LogP contribution in [0.25, 0.3) is 0 Å². The van der Waals surface area contributed by atoms with Gasteiger partial charge in [-0.05, 0) is 37.6 Å². The van der Waals surface area contributed by atoms with E-state index in [-0.39, 0.29) is 11.9 Å². The fraction of sp³-hybridized carbons (Fsp3) is 0.231. The number of rotatable bonds is 3. The summed E-state index contributed by atoms with van der Waals surface area (Å²) in [5.41, 5.74) is 7.94. The van der Waals surface area contributed by atoms with Gasteiger partial charge in [0.1, 0.15) is 10.7 Å². The number of carbonyl (C=O) groups excluding carboxylic acids is 1. The fourth-order valence-electron chi connectivity index (χ4n) is 1.52. The molecule has 0 aliphatic heterocycles. The summed E-state index contributed by atoms with van der Waals surface area (Å²) in [6.45, 7) is 3.81. The molecular formula is C13H14BrN3OS. The monoisotopic (exact) mass is 339 g/mol. The first-order chi connectivity index (χ1) is 8.97. The maximum absolute atomic E-state index is 12.0. The molecule has 3 N–H and O–H groups in total. The van der Waals surface area contributed by atoms with Gasteiger partial charge < -0.3 is 11.1 Å². The Bertz CT molecular complexity index is 610. The number of benzene rings is 1. The first kappa shape index (κ1) is 14.2. The highest BCUT2D eigenvalue weighted by Gasteiger charge is 2.13. The van der Waals surface area contributed by atoms with Crippen LogP contribution in [-0.4, -0.2) is 10.9 Å². The van der Waals surface area contributed by atoms with Crippen LogP contribution >= 0.6 is 27.3 Å². The van der Waals surface area contributed by atoms with E-state index in [9.17, 15) is 4.79 Å². The van der Waals surface area contributed by atoms with Crippen LogP contribution < -0.4 is 11.1 Å². The summed E-state index contributed by atoms with van der Waals surface area (Å²) in [6, 6.07) is 5.50. The minimum absolute atomic E-state index is 0.151. The van der Waals surface area contributed by atoms with Gasteiger partial charge in [0, 0.05) is 15.5 Å². The Labute approximate surface area is 124 Å². The van der Waals surface area contributed by atoms with Crippen LogP contribution in [0.3, 0.4) is 0 Å². The summed E-state index contributed by atoms with van der Waals surface area (Å²) in [4.78, 5) is 16.2. The molecule has 0 saturated heterocycles. The lowest BCUT2D eigenvalue weighted by Crippen LogP contribution is -2.13.